The van der Waals surface area contributed by atoms with Crippen LogP contribution in [0.1, 0.15) is 58.3 Å². The van der Waals surface area contributed by atoms with Gasteiger partial charge in [-0.1, -0.05) is 45.4 Å². The van der Waals surface area contributed by atoms with Gasteiger partial charge in [-0.25, -0.2) is 0 Å². The molecule has 1 saturated heterocycles. The SMILES string of the molecule is CCCCCCCCCC[N+]1(C)CCOCC1.[Br-]. The van der Waals surface area contributed by atoms with Gasteiger partial charge in [0, 0.05) is 0 Å². The minimum Gasteiger partial charge on any atom is -1.00 e. The molecule has 0 aromatic heterocycles. The van der Waals surface area contributed by atoms with Crippen molar-refractivity contribution < 1.29 is 26.2 Å². The molecule has 0 bridgehead atoms. The van der Waals surface area contributed by atoms with Gasteiger partial charge in [-0.2, -0.15) is 0 Å². The Hall–Kier alpha value is 0.400. The monoisotopic (exact) mass is 321 g/mol. The van der Waals surface area contributed by atoms with E-state index in [-0.39, 0.29) is 17.0 Å². The van der Waals surface area contributed by atoms with Crippen LogP contribution in [0.5, 0.6) is 0 Å². The van der Waals surface area contributed by atoms with Gasteiger partial charge in [-0.3, -0.25) is 0 Å². The Morgan fingerprint density at radius 3 is 1.89 bits per heavy atom. The first-order valence-electron chi connectivity index (χ1n) is 7.68. The van der Waals surface area contributed by atoms with E-state index in [4.69, 9.17) is 4.74 Å². The molecule has 1 rings (SSSR count). The smallest absolute Gasteiger partial charge is 0.102 e. The summed E-state index contributed by atoms with van der Waals surface area (Å²) in [5.74, 6) is 0. The van der Waals surface area contributed by atoms with Crippen molar-refractivity contribution >= 4 is 0 Å². The van der Waals surface area contributed by atoms with Crippen LogP contribution < -0.4 is 17.0 Å². The zero-order valence-corrected chi connectivity index (χ0v) is 14.0. The largest absolute Gasteiger partial charge is 1.00 e. The second-order valence-corrected chi connectivity index (χ2v) is 5.88. The van der Waals surface area contributed by atoms with E-state index in [1.807, 2.05) is 0 Å². The highest BCUT2D eigenvalue weighted by Crippen LogP contribution is 2.12. The molecule has 1 aliphatic rings. The topological polar surface area (TPSA) is 9.23 Å². The van der Waals surface area contributed by atoms with Crippen LogP contribution in [-0.4, -0.2) is 44.4 Å². The summed E-state index contributed by atoms with van der Waals surface area (Å²) in [6.07, 6.45) is 11.4. The molecule has 0 amide bonds. The van der Waals surface area contributed by atoms with Gasteiger partial charge in [0.1, 0.15) is 13.1 Å². The molecule has 0 atom stereocenters. The number of nitrogens with zero attached hydrogens (tertiary/aromatic N) is 1. The van der Waals surface area contributed by atoms with Crippen LogP contribution in [0.3, 0.4) is 0 Å². The molecule has 1 aliphatic heterocycles. The van der Waals surface area contributed by atoms with Gasteiger partial charge in [0.05, 0.1) is 26.8 Å². The van der Waals surface area contributed by atoms with Gasteiger partial charge in [-0.15, -0.1) is 0 Å². The average Bonchev–Trinajstić information content (AvgIpc) is 2.33. The third-order valence-corrected chi connectivity index (χ3v) is 4.10. The summed E-state index contributed by atoms with van der Waals surface area (Å²) in [6.45, 7) is 8.01. The Labute approximate surface area is 124 Å². The summed E-state index contributed by atoms with van der Waals surface area (Å²) in [7, 11) is 2.39. The molecule has 0 aromatic carbocycles. The van der Waals surface area contributed by atoms with Gasteiger partial charge < -0.3 is 26.2 Å². The second-order valence-electron chi connectivity index (χ2n) is 5.88. The van der Waals surface area contributed by atoms with E-state index in [9.17, 15) is 0 Å². The third kappa shape index (κ3) is 8.49. The lowest BCUT2D eigenvalue weighted by atomic mass is 10.1. The van der Waals surface area contributed by atoms with E-state index < -0.39 is 0 Å². The Morgan fingerprint density at radius 2 is 1.33 bits per heavy atom. The van der Waals surface area contributed by atoms with Crippen molar-refractivity contribution in [2.45, 2.75) is 58.3 Å². The maximum Gasteiger partial charge on any atom is 0.102 e. The van der Waals surface area contributed by atoms with Gasteiger partial charge in [0.2, 0.25) is 0 Å². The van der Waals surface area contributed by atoms with Crippen molar-refractivity contribution in [1.29, 1.82) is 0 Å². The number of morpholine rings is 1. The van der Waals surface area contributed by atoms with Crippen LogP contribution in [0.4, 0.5) is 0 Å². The molecule has 0 radical (unpaired) electrons. The number of hydrogen-bond donors (Lipinski definition) is 0. The van der Waals surface area contributed by atoms with Crippen LogP contribution in [0.25, 0.3) is 0 Å². The molecular weight excluding hydrogens is 290 g/mol. The molecule has 0 aromatic rings. The lowest BCUT2D eigenvalue weighted by molar-refractivity contribution is -0.917. The summed E-state index contributed by atoms with van der Waals surface area (Å²) < 4.78 is 6.68. The number of likely N-dealkylation sites (N-methyl/N-ethyl adjacent to an activating group) is 1. The van der Waals surface area contributed by atoms with E-state index in [0.717, 1.165) is 13.2 Å². The summed E-state index contributed by atoms with van der Waals surface area (Å²) in [4.78, 5) is 0. The van der Waals surface area contributed by atoms with Gasteiger partial charge in [0.15, 0.2) is 0 Å². The molecular formula is C15H32BrNO. The normalized spacial score (nSPS) is 18.3. The number of halogens is 1. The highest BCUT2D eigenvalue weighted by Gasteiger charge is 2.23. The highest BCUT2D eigenvalue weighted by atomic mass is 79.9. The maximum absolute atomic E-state index is 5.43. The van der Waals surface area contributed by atoms with E-state index in [1.54, 1.807) is 0 Å². The van der Waals surface area contributed by atoms with E-state index >= 15 is 0 Å². The Bertz CT molecular complexity index is 181. The Kier molecular flexibility index (Phi) is 11.5. The lowest BCUT2D eigenvalue weighted by Gasteiger charge is -2.37. The minimum absolute atomic E-state index is 0. The highest BCUT2D eigenvalue weighted by molar-refractivity contribution is 4.50. The third-order valence-electron chi connectivity index (χ3n) is 4.10. The van der Waals surface area contributed by atoms with Gasteiger partial charge >= 0.3 is 0 Å². The number of quaternary nitrogens is 1. The Balaban J connectivity index is 0.00000289. The molecule has 0 unspecified atom stereocenters. The predicted octanol–water partition coefficient (Wildman–Crippen LogP) is 0.608. The molecule has 3 heteroatoms. The number of ether oxygens (including phenoxy) is 1. The van der Waals surface area contributed by atoms with Gasteiger partial charge in [-0.05, 0) is 12.8 Å². The quantitative estimate of drug-likeness (QED) is 0.446. The zero-order chi connectivity index (χ0) is 12.4. The predicted molar refractivity (Wildman–Crippen MR) is 74.2 cm³/mol. The number of unbranched alkanes of at least 4 members (excludes halogenated alkanes) is 7. The fourth-order valence-electron chi connectivity index (χ4n) is 2.63. The summed E-state index contributed by atoms with van der Waals surface area (Å²) >= 11 is 0. The lowest BCUT2D eigenvalue weighted by Crippen LogP contribution is -3.00. The second kappa shape index (κ2) is 11.2. The fraction of sp³-hybridized carbons (Fsp3) is 1.00. The van der Waals surface area contributed by atoms with Crippen LogP contribution >= 0.6 is 0 Å². The zero-order valence-electron chi connectivity index (χ0n) is 12.4. The van der Waals surface area contributed by atoms with Crippen molar-refractivity contribution in [3.05, 3.63) is 0 Å². The standard InChI is InChI=1S/C15H32NO.BrH/c1-3-4-5-6-7-8-9-10-11-16(2)12-14-17-15-13-16;/h3-15H2,1-2H3;1H/q+1;/p-1. The van der Waals surface area contributed by atoms with E-state index in [0.29, 0.717) is 0 Å². The van der Waals surface area contributed by atoms with Crippen LogP contribution in [-0.2, 0) is 4.74 Å². The van der Waals surface area contributed by atoms with Gasteiger partial charge in [0.25, 0.3) is 0 Å². The Morgan fingerprint density at radius 1 is 0.833 bits per heavy atom. The number of hydrogen-bond acceptors (Lipinski definition) is 1. The molecule has 1 heterocycles. The van der Waals surface area contributed by atoms with Crippen LogP contribution in [0.15, 0.2) is 0 Å². The first-order valence-corrected chi connectivity index (χ1v) is 7.68. The minimum atomic E-state index is 0. The van der Waals surface area contributed by atoms with Crippen molar-refractivity contribution in [1.82, 2.24) is 0 Å². The van der Waals surface area contributed by atoms with Crippen LogP contribution in [0, 0.1) is 0 Å². The molecule has 2 nitrogen and oxygen atoms in total. The molecule has 0 spiro atoms. The molecule has 0 saturated carbocycles. The van der Waals surface area contributed by atoms with Crippen LogP contribution in [0.2, 0.25) is 0 Å². The van der Waals surface area contributed by atoms with Crippen molar-refractivity contribution in [3.63, 3.8) is 0 Å². The first kappa shape index (κ1) is 18.4. The van der Waals surface area contributed by atoms with Crippen molar-refractivity contribution in [2.24, 2.45) is 0 Å². The first-order chi connectivity index (χ1) is 8.27. The fourth-order valence-corrected chi connectivity index (χ4v) is 2.63. The van der Waals surface area contributed by atoms with Crippen molar-refractivity contribution in [2.75, 3.05) is 39.9 Å². The summed E-state index contributed by atoms with van der Waals surface area (Å²) in [5.41, 5.74) is 0. The molecule has 1 fully saturated rings. The molecule has 18 heavy (non-hydrogen) atoms. The van der Waals surface area contributed by atoms with E-state index in [2.05, 4.69) is 14.0 Å². The maximum atomic E-state index is 5.43. The van der Waals surface area contributed by atoms with Crippen molar-refractivity contribution in [3.8, 4) is 0 Å². The molecule has 0 N–H and O–H groups in total. The summed E-state index contributed by atoms with van der Waals surface area (Å²) in [5, 5.41) is 0. The average molecular weight is 322 g/mol. The molecule has 0 aliphatic carbocycles. The molecule has 110 valence electrons. The summed E-state index contributed by atoms with van der Waals surface area (Å²) in [6, 6.07) is 0. The number of rotatable bonds is 9. The van der Waals surface area contributed by atoms with E-state index in [1.165, 1.54) is 75.5 Å².